The van der Waals surface area contributed by atoms with E-state index >= 15 is 0 Å². The molecule has 1 saturated heterocycles. The second-order valence-corrected chi connectivity index (χ2v) is 10.5. The van der Waals surface area contributed by atoms with Crippen LogP contribution >= 0.6 is 55.4 Å². The van der Waals surface area contributed by atoms with Gasteiger partial charge in [-0.25, -0.2) is 13.1 Å². The van der Waals surface area contributed by atoms with E-state index in [0.29, 0.717) is 16.3 Å². The summed E-state index contributed by atoms with van der Waals surface area (Å²) in [5, 5.41) is 0.358. The molecule has 1 aliphatic heterocycles. The standard InChI is InChI=1S/C12H15Br2NO2S3/c1-8-4-11(14)12(5-10(8)13)20(16,17)15-6-9-7-18-2-3-19-9/h4-5,9,15H,2-3,6-7H2,1H3. The minimum atomic E-state index is -3.48. The van der Waals surface area contributed by atoms with Crippen LogP contribution in [0.3, 0.4) is 0 Å². The summed E-state index contributed by atoms with van der Waals surface area (Å²) in [6, 6.07) is 3.45. The van der Waals surface area contributed by atoms with Crippen molar-refractivity contribution in [2.24, 2.45) is 0 Å². The van der Waals surface area contributed by atoms with Gasteiger partial charge in [-0.2, -0.15) is 23.5 Å². The zero-order valence-corrected chi connectivity index (χ0v) is 16.5. The Balaban J connectivity index is 2.11. The van der Waals surface area contributed by atoms with Crippen molar-refractivity contribution in [1.29, 1.82) is 0 Å². The van der Waals surface area contributed by atoms with Crippen LogP contribution in [0.1, 0.15) is 5.56 Å². The predicted molar refractivity (Wildman–Crippen MR) is 95.3 cm³/mol. The number of nitrogens with one attached hydrogen (secondary N) is 1. The molecule has 0 aliphatic carbocycles. The van der Waals surface area contributed by atoms with E-state index < -0.39 is 10.0 Å². The summed E-state index contributed by atoms with van der Waals surface area (Å²) >= 11 is 10.4. The van der Waals surface area contributed by atoms with Crippen LogP contribution in [0.4, 0.5) is 0 Å². The zero-order valence-electron chi connectivity index (χ0n) is 10.9. The summed E-state index contributed by atoms with van der Waals surface area (Å²) in [4.78, 5) is 0.281. The Morgan fingerprint density at radius 2 is 2.05 bits per heavy atom. The van der Waals surface area contributed by atoms with E-state index in [0.717, 1.165) is 27.3 Å². The van der Waals surface area contributed by atoms with Crippen LogP contribution in [0.2, 0.25) is 0 Å². The molecule has 1 atom stereocenters. The maximum absolute atomic E-state index is 12.4. The summed E-state index contributed by atoms with van der Waals surface area (Å²) in [7, 11) is -3.48. The first-order chi connectivity index (χ1) is 9.40. The van der Waals surface area contributed by atoms with Gasteiger partial charge in [-0.1, -0.05) is 15.9 Å². The van der Waals surface area contributed by atoms with Crippen LogP contribution in [-0.2, 0) is 10.0 Å². The van der Waals surface area contributed by atoms with Crippen LogP contribution in [-0.4, -0.2) is 37.5 Å². The SMILES string of the molecule is Cc1cc(Br)c(S(=O)(=O)NCC2CSCCS2)cc1Br. The molecule has 0 aromatic heterocycles. The first kappa shape index (κ1) is 17.1. The van der Waals surface area contributed by atoms with Crippen LogP contribution in [0.5, 0.6) is 0 Å². The van der Waals surface area contributed by atoms with Crippen molar-refractivity contribution in [3.05, 3.63) is 26.6 Å². The van der Waals surface area contributed by atoms with Crippen molar-refractivity contribution in [3.63, 3.8) is 0 Å². The van der Waals surface area contributed by atoms with Gasteiger partial charge in [-0.3, -0.25) is 0 Å². The van der Waals surface area contributed by atoms with Gasteiger partial charge in [0.25, 0.3) is 0 Å². The number of hydrogen-bond donors (Lipinski definition) is 1. The molecule has 1 unspecified atom stereocenters. The molecule has 2 rings (SSSR count). The Bertz CT molecular complexity index is 587. The highest BCUT2D eigenvalue weighted by atomic mass is 79.9. The highest BCUT2D eigenvalue weighted by Crippen LogP contribution is 2.29. The molecule has 0 bridgehead atoms. The molecule has 112 valence electrons. The maximum atomic E-state index is 12.4. The average Bonchev–Trinajstić information content (AvgIpc) is 2.42. The molecule has 0 radical (unpaired) electrons. The highest BCUT2D eigenvalue weighted by Gasteiger charge is 2.22. The molecule has 3 nitrogen and oxygen atoms in total. The van der Waals surface area contributed by atoms with Crippen molar-refractivity contribution in [1.82, 2.24) is 4.72 Å². The third-order valence-electron chi connectivity index (χ3n) is 2.89. The van der Waals surface area contributed by atoms with Gasteiger partial charge in [0, 0.05) is 38.0 Å². The van der Waals surface area contributed by atoms with Crippen molar-refractivity contribution in [2.45, 2.75) is 17.1 Å². The summed E-state index contributed by atoms with van der Waals surface area (Å²) in [6.07, 6.45) is 0. The molecule has 1 fully saturated rings. The molecule has 0 saturated carbocycles. The average molecular weight is 461 g/mol. The van der Waals surface area contributed by atoms with Gasteiger partial charge in [0.05, 0.1) is 4.90 Å². The van der Waals surface area contributed by atoms with E-state index in [1.807, 2.05) is 36.5 Å². The first-order valence-corrected chi connectivity index (χ1v) is 11.3. The number of halogens is 2. The topological polar surface area (TPSA) is 46.2 Å². The summed E-state index contributed by atoms with van der Waals surface area (Å²) in [5.41, 5.74) is 0.995. The van der Waals surface area contributed by atoms with Gasteiger partial charge < -0.3 is 0 Å². The summed E-state index contributed by atoms with van der Waals surface area (Å²) < 4.78 is 28.9. The number of aryl methyl sites for hydroxylation is 1. The van der Waals surface area contributed by atoms with Gasteiger partial charge in [0.1, 0.15) is 0 Å². The van der Waals surface area contributed by atoms with Gasteiger partial charge in [0.15, 0.2) is 0 Å². The smallest absolute Gasteiger partial charge is 0.210 e. The monoisotopic (exact) mass is 459 g/mol. The van der Waals surface area contributed by atoms with Crippen LogP contribution in [0, 0.1) is 6.92 Å². The van der Waals surface area contributed by atoms with Gasteiger partial charge in [-0.05, 0) is 40.5 Å². The molecule has 0 spiro atoms. The largest absolute Gasteiger partial charge is 0.241 e. The molecule has 1 aliphatic rings. The zero-order chi connectivity index (χ0) is 14.8. The van der Waals surface area contributed by atoms with E-state index in [2.05, 4.69) is 36.6 Å². The lowest BCUT2D eigenvalue weighted by Crippen LogP contribution is -2.33. The fourth-order valence-corrected chi connectivity index (χ4v) is 7.24. The molecule has 0 amide bonds. The number of sulfonamides is 1. The molecule has 8 heteroatoms. The Morgan fingerprint density at radius 1 is 1.30 bits per heavy atom. The van der Waals surface area contributed by atoms with Crippen molar-refractivity contribution < 1.29 is 8.42 Å². The minimum absolute atomic E-state index is 0.281. The molecule has 1 N–H and O–H groups in total. The number of rotatable bonds is 4. The summed E-state index contributed by atoms with van der Waals surface area (Å²) in [5.74, 6) is 3.26. The van der Waals surface area contributed by atoms with E-state index in [1.54, 1.807) is 6.07 Å². The number of benzene rings is 1. The lowest BCUT2D eigenvalue weighted by Gasteiger charge is -2.21. The van der Waals surface area contributed by atoms with Gasteiger partial charge in [0.2, 0.25) is 10.0 Å². The Morgan fingerprint density at radius 3 is 2.70 bits per heavy atom. The van der Waals surface area contributed by atoms with Crippen LogP contribution in [0.25, 0.3) is 0 Å². The molecule has 20 heavy (non-hydrogen) atoms. The van der Waals surface area contributed by atoms with Crippen molar-refractivity contribution >= 4 is 65.4 Å². The second kappa shape index (κ2) is 7.37. The lowest BCUT2D eigenvalue weighted by molar-refractivity contribution is 0.581. The first-order valence-electron chi connectivity index (χ1n) is 6.05. The third-order valence-corrected chi connectivity index (χ3v) is 8.97. The van der Waals surface area contributed by atoms with Crippen LogP contribution < -0.4 is 4.72 Å². The lowest BCUT2D eigenvalue weighted by atomic mass is 10.2. The quantitative estimate of drug-likeness (QED) is 0.744. The van der Waals surface area contributed by atoms with Crippen LogP contribution in [0.15, 0.2) is 26.0 Å². The normalized spacial score (nSPS) is 20.1. The van der Waals surface area contributed by atoms with E-state index in [9.17, 15) is 8.42 Å². The van der Waals surface area contributed by atoms with Gasteiger partial charge in [-0.15, -0.1) is 0 Å². The Labute approximate surface area is 145 Å². The van der Waals surface area contributed by atoms with Gasteiger partial charge >= 0.3 is 0 Å². The molecule has 1 aromatic carbocycles. The Kier molecular flexibility index (Phi) is 6.32. The maximum Gasteiger partial charge on any atom is 0.241 e. The number of hydrogen-bond acceptors (Lipinski definition) is 4. The molecular weight excluding hydrogens is 446 g/mol. The predicted octanol–water partition coefficient (Wildman–Crippen LogP) is 3.65. The molecular formula is C12H15Br2NO2S3. The van der Waals surface area contributed by atoms with Crippen molar-refractivity contribution in [3.8, 4) is 0 Å². The fraction of sp³-hybridized carbons (Fsp3) is 0.500. The summed E-state index contributed by atoms with van der Waals surface area (Å²) in [6.45, 7) is 2.41. The minimum Gasteiger partial charge on any atom is -0.210 e. The molecule has 1 heterocycles. The Hall–Kier alpha value is 0.790. The highest BCUT2D eigenvalue weighted by molar-refractivity contribution is 9.11. The molecule has 1 aromatic rings. The van der Waals surface area contributed by atoms with E-state index in [1.165, 1.54) is 0 Å². The van der Waals surface area contributed by atoms with E-state index in [4.69, 9.17) is 0 Å². The van der Waals surface area contributed by atoms with E-state index in [-0.39, 0.29) is 4.90 Å². The van der Waals surface area contributed by atoms with Crippen molar-refractivity contribution in [2.75, 3.05) is 23.8 Å². The fourth-order valence-electron chi connectivity index (χ4n) is 1.77. The number of thioether (sulfide) groups is 2. The second-order valence-electron chi connectivity index (χ2n) is 4.45. The third kappa shape index (κ3) is 4.39.